The molecule has 3 aromatic carbocycles. The lowest BCUT2D eigenvalue weighted by Crippen LogP contribution is -2.46. The second-order valence-electron chi connectivity index (χ2n) is 10.1. The first kappa shape index (κ1) is 26.0. The minimum absolute atomic E-state index is 0.216. The summed E-state index contributed by atoms with van der Waals surface area (Å²) in [6.07, 6.45) is 5.20. The first-order valence-electron chi connectivity index (χ1n) is 13.6. The molecule has 1 aromatic heterocycles. The average Bonchev–Trinajstić information content (AvgIpc) is 3.68. The van der Waals surface area contributed by atoms with E-state index < -0.39 is 5.79 Å². The fourth-order valence-electron chi connectivity index (χ4n) is 5.29. The maximum absolute atomic E-state index is 6.52. The molecule has 0 saturated carbocycles. The van der Waals surface area contributed by atoms with Gasteiger partial charge in [0.2, 0.25) is 5.79 Å². The zero-order chi connectivity index (χ0) is 27.4. The quantitative estimate of drug-likeness (QED) is 0.317. The molecule has 0 radical (unpaired) electrons. The zero-order valence-electron chi connectivity index (χ0n) is 22.7. The van der Waals surface area contributed by atoms with Crippen LogP contribution in [0.5, 0.6) is 11.5 Å². The number of piperazine rings is 1. The highest BCUT2D eigenvalue weighted by Gasteiger charge is 2.44. The molecule has 3 heterocycles. The number of nitrogens with two attached hydrogens (primary N) is 1. The number of hydrogen-bond donors (Lipinski definition) is 1. The van der Waals surface area contributed by atoms with Crippen molar-refractivity contribution in [2.24, 2.45) is 0 Å². The number of imidazole rings is 1. The lowest BCUT2D eigenvalue weighted by molar-refractivity contribution is -0.189. The Morgan fingerprint density at radius 1 is 0.875 bits per heavy atom. The molecule has 9 nitrogen and oxygen atoms in total. The third-order valence-electron chi connectivity index (χ3n) is 7.51. The van der Waals surface area contributed by atoms with Crippen molar-refractivity contribution in [1.82, 2.24) is 9.55 Å². The molecule has 0 amide bonds. The highest BCUT2D eigenvalue weighted by atomic mass is 16.8. The van der Waals surface area contributed by atoms with E-state index in [0.29, 0.717) is 19.8 Å². The number of aromatic nitrogens is 2. The largest absolute Gasteiger partial charge is 0.497 e. The van der Waals surface area contributed by atoms with E-state index in [1.165, 1.54) is 11.4 Å². The maximum atomic E-state index is 6.52. The van der Waals surface area contributed by atoms with Gasteiger partial charge in [0.25, 0.3) is 0 Å². The molecule has 0 bridgehead atoms. The summed E-state index contributed by atoms with van der Waals surface area (Å²) in [5, 5.41) is 0. The molecule has 2 aliphatic rings. The Labute approximate surface area is 234 Å². The van der Waals surface area contributed by atoms with Gasteiger partial charge in [0.05, 0.1) is 26.6 Å². The molecule has 2 atom stereocenters. The molecule has 2 fully saturated rings. The number of benzene rings is 3. The summed E-state index contributed by atoms with van der Waals surface area (Å²) in [4.78, 5) is 8.98. The van der Waals surface area contributed by atoms with Crippen LogP contribution in [0.2, 0.25) is 0 Å². The van der Waals surface area contributed by atoms with Gasteiger partial charge in [0.1, 0.15) is 24.2 Å². The summed E-state index contributed by atoms with van der Waals surface area (Å²) in [6, 6.07) is 24.2. The van der Waals surface area contributed by atoms with Crippen molar-refractivity contribution >= 4 is 17.1 Å². The Morgan fingerprint density at radius 3 is 2.10 bits per heavy atom. The summed E-state index contributed by atoms with van der Waals surface area (Å²) in [5.41, 5.74) is 9.97. The second-order valence-corrected chi connectivity index (χ2v) is 10.1. The van der Waals surface area contributed by atoms with Crippen molar-refractivity contribution in [3.8, 4) is 11.5 Å². The van der Waals surface area contributed by atoms with Crippen molar-refractivity contribution in [3.05, 3.63) is 97.1 Å². The molecule has 4 aromatic rings. The molecule has 208 valence electrons. The molecule has 2 saturated heterocycles. The molecule has 9 heteroatoms. The Hall–Kier alpha value is -4.21. The smallest absolute Gasteiger partial charge is 0.214 e. The maximum Gasteiger partial charge on any atom is 0.214 e. The number of methoxy groups -OCH3 is 1. The first-order chi connectivity index (χ1) is 19.6. The van der Waals surface area contributed by atoms with Gasteiger partial charge in [-0.3, -0.25) is 0 Å². The molecular weight excluding hydrogens is 506 g/mol. The molecular formula is C31H35N5O4. The van der Waals surface area contributed by atoms with E-state index in [9.17, 15) is 0 Å². The first-order valence-corrected chi connectivity index (χ1v) is 13.6. The van der Waals surface area contributed by atoms with E-state index >= 15 is 0 Å². The van der Waals surface area contributed by atoms with Gasteiger partial charge in [-0.05, 0) is 72.8 Å². The van der Waals surface area contributed by atoms with Crippen LogP contribution in [0.4, 0.5) is 17.1 Å². The monoisotopic (exact) mass is 541 g/mol. The van der Waals surface area contributed by atoms with Gasteiger partial charge in [0.15, 0.2) is 0 Å². The summed E-state index contributed by atoms with van der Waals surface area (Å²) in [6.45, 7) is 5.16. The number of anilines is 3. The van der Waals surface area contributed by atoms with Gasteiger partial charge < -0.3 is 39.0 Å². The summed E-state index contributed by atoms with van der Waals surface area (Å²) >= 11 is 0. The summed E-state index contributed by atoms with van der Waals surface area (Å²) < 4.78 is 26.3. The molecule has 6 rings (SSSR count). The van der Waals surface area contributed by atoms with Crippen LogP contribution in [0.25, 0.3) is 0 Å². The Kier molecular flexibility index (Phi) is 7.48. The van der Waals surface area contributed by atoms with Crippen LogP contribution in [0.1, 0.15) is 5.56 Å². The fraction of sp³-hybridized carbons (Fsp3) is 0.323. The van der Waals surface area contributed by atoms with Gasteiger partial charge in [-0.1, -0.05) is 0 Å². The van der Waals surface area contributed by atoms with Crippen LogP contribution in [0.3, 0.4) is 0 Å². The molecule has 0 spiro atoms. The predicted octanol–water partition coefficient (Wildman–Crippen LogP) is 4.15. The van der Waals surface area contributed by atoms with Crippen LogP contribution in [-0.2, 0) is 21.8 Å². The van der Waals surface area contributed by atoms with Gasteiger partial charge in [-0.15, -0.1) is 0 Å². The molecule has 2 aliphatic heterocycles. The van der Waals surface area contributed by atoms with Gasteiger partial charge in [-0.2, -0.15) is 0 Å². The number of nitrogen functional groups attached to an aromatic ring is 1. The van der Waals surface area contributed by atoms with Crippen LogP contribution < -0.4 is 25.0 Å². The number of ether oxygens (including phenoxy) is 4. The van der Waals surface area contributed by atoms with Crippen LogP contribution in [-0.4, -0.2) is 62.2 Å². The van der Waals surface area contributed by atoms with Crippen molar-refractivity contribution in [3.63, 3.8) is 0 Å². The van der Waals surface area contributed by atoms with Crippen molar-refractivity contribution in [1.29, 1.82) is 0 Å². The van der Waals surface area contributed by atoms with Gasteiger partial charge in [-0.25, -0.2) is 4.98 Å². The Balaban J connectivity index is 1.04. The normalized spacial score (nSPS) is 21.0. The second kappa shape index (κ2) is 11.5. The molecule has 2 unspecified atom stereocenters. The molecule has 2 N–H and O–H groups in total. The lowest BCUT2D eigenvalue weighted by Gasteiger charge is -2.37. The average molecular weight is 542 g/mol. The van der Waals surface area contributed by atoms with E-state index in [-0.39, 0.29) is 6.10 Å². The highest BCUT2D eigenvalue weighted by molar-refractivity contribution is 5.55. The molecule has 0 aliphatic carbocycles. The van der Waals surface area contributed by atoms with Crippen molar-refractivity contribution < 1.29 is 18.9 Å². The number of nitrogens with zero attached hydrogens (tertiary/aromatic N) is 4. The van der Waals surface area contributed by atoms with Gasteiger partial charge in [0, 0.05) is 61.2 Å². The van der Waals surface area contributed by atoms with Crippen LogP contribution in [0.15, 0.2) is 91.5 Å². The predicted molar refractivity (Wildman–Crippen MR) is 155 cm³/mol. The van der Waals surface area contributed by atoms with Crippen molar-refractivity contribution in [2.75, 3.05) is 62.0 Å². The summed E-state index contributed by atoms with van der Waals surface area (Å²) in [7, 11) is 1.65. The van der Waals surface area contributed by atoms with E-state index in [1.54, 1.807) is 19.6 Å². The standard InChI is InChI=1S/C31H35N5O4/c1-37-28-10-2-24(3-11-28)31(22-34-15-14-33-23-34)39-21-30(40-31)20-38-29-12-8-27(9-13-29)36-18-16-35(17-19-36)26-6-4-25(32)5-7-26/h2-15,23,30H,16-22,32H2,1H3. The van der Waals surface area contributed by atoms with Gasteiger partial charge >= 0.3 is 0 Å². The number of hydrogen-bond acceptors (Lipinski definition) is 8. The topological polar surface area (TPSA) is 87.2 Å². The highest BCUT2D eigenvalue weighted by Crippen LogP contribution is 2.37. The van der Waals surface area contributed by atoms with E-state index in [2.05, 4.69) is 39.0 Å². The minimum atomic E-state index is -0.931. The van der Waals surface area contributed by atoms with E-state index in [4.69, 9.17) is 24.7 Å². The minimum Gasteiger partial charge on any atom is -0.497 e. The summed E-state index contributed by atoms with van der Waals surface area (Å²) in [5.74, 6) is 0.662. The molecule has 40 heavy (non-hydrogen) atoms. The Bertz CT molecular complexity index is 1350. The Morgan fingerprint density at radius 2 is 1.50 bits per heavy atom. The SMILES string of the molecule is COc1ccc(C2(Cn3ccnc3)OCC(COc3ccc(N4CCN(c5ccc(N)cc5)CC4)cc3)O2)cc1. The number of rotatable bonds is 9. The van der Waals surface area contributed by atoms with Crippen LogP contribution >= 0.6 is 0 Å². The third kappa shape index (κ3) is 5.71. The lowest BCUT2D eigenvalue weighted by atomic mass is 10.1. The fourth-order valence-corrected chi connectivity index (χ4v) is 5.29. The van der Waals surface area contributed by atoms with E-state index in [0.717, 1.165) is 48.9 Å². The third-order valence-corrected chi connectivity index (χ3v) is 7.51. The van der Waals surface area contributed by atoms with Crippen LogP contribution in [0, 0.1) is 0 Å². The van der Waals surface area contributed by atoms with Crippen molar-refractivity contribution in [2.45, 2.75) is 18.4 Å². The zero-order valence-corrected chi connectivity index (χ0v) is 22.7. The van der Waals surface area contributed by atoms with E-state index in [1.807, 2.05) is 59.3 Å².